The molecule has 6 heteroatoms. The zero-order valence-corrected chi connectivity index (χ0v) is 19.4. The number of carbonyl (C=O) groups is 2. The lowest BCUT2D eigenvalue weighted by Crippen LogP contribution is -2.44. The fourth-order valence-electron chi connectivity index (χ4n) is 3.47. The molecular weight excluding hydrogens is 430 g/mol. The highest BCUT2D eigenvalue weighted by atomic mass is 16.5. The molecule has 0 aromatic heterocycles. The number of ether oxygens (including phenoxy) is 2. The summed E-state index contributed by atoms with van der Waals surface area (Å²) in [5.41, 5.74) is 2.78. The van der Waals surface area contributed by atoms with E-state index in [4.69, 9.17) is 9.47 Å². The maximum absolute atomic E-state index is 12.5. The predicted octanol–water partition coefficient (Wildman–Crippen LogP) is 5.26. The fourth-order valence-corrected chi connectivity index (χ4v) is 3.47. The lowest BCUT2D eigenvalue weighted by Gasteiger charge is -2.17. The molecule has 0 saturated carbocycles. The van der Waals surface area contributed by atoms with Crippen LogP contribution in [-0.4, -0.2) is 29.8 Å². The second-order valence-corrected chi connectivity index (χ2v) is 8.02. The number of hydrogen-bond donors (Lipinski definition) is 2. The van der Waals surface area contributed by atoms with Gasteiger partial charge in [0.05, 0.1) is 6.61 Å². The van der Waals surface area contributed by atoms with Crippen LogP contribution < -0.4 is 14.8 Å². The summed E-state index contributed by atoms with van der Waals surface area (Å²) in [6.07, 6.45) is 3.43. The lowest BCUT2D eigenvalue weighted by molar-refractivity contribution is -0.146. The Kier molecular flexibility index (Phi) is 9.52. The highest BCUT2D eigenvalue weighted by Gasteiger charge is 2.22. The number of rotatable bonds is 13. The third kappa shape index (κ3) is 7.96. The molecule has 1 atom stereocenters. The quantitative estimate of drug-likeness (QED) is 0.268. The van der Waals surface area contributed by atoms with Crippen LogP contribution in [0.5, 0.6) is 11.5 Å². The van der Waals surface area contributed by atoms with Crippen molar-refractivity contribution in [2.75, 3.05) is 6.61 Å². The average Bonchev–Trinajstić information content (AvgIpc) is 2.85. The molecule has 0 bridgehead atoms. The van der Waals surface area contributed by atoms with E-state index in [1.165, 1.54) is 5.56 Å². The van der Waals surface area contributed by atoms with Gasteiger partial charge >= 0.3 is 5.97 Å². The number of amides is 1. The first-order chi connectivity index (χ1) is 16.5. The first kappa shape index (κ1) is 24.8. The number of carboxylic acids is 1. The Hall–Kier alpha value is -3.80. The highest BCUT2D eigenvalue weighted by Crippen LogP contribution is 2.16. The minimum Gasteiger partial charge on any atom is -0.494 e. The summed E-state index contributed by atoms with van der Waals surface area (Å²) in [5, 5.41) is 11.9. The van der Waals surface area contributed by atoms with Crippen molar-refractivity contribution < 1.29 is 24.2 Å². The molecule has 3 aromatic rings. The van der Waals surface area contributed by atoms with Gasteiger partial charge in [0.15, 0.2) is 0 Å². The van der Waals surface area contributed by atoms with Crippen molar-refractivity contribution in [1.29, 1.82) is 0 Å². The van der Waals surface area contributed by atoms with E-state index in [0.717, 1.165) is 37.7 Å². The van der Waals surface area contributed by atoms with E-state index in [1.807, 2.05) is 30.3 Å². The van der Waals surface area contributed by atoms with Gasteiger partial charge in [-0.3, -0.25) is 4.79 Å². The van der Waals surface area contributed by atoms with Gasteiger partial charge in [-0.1, -0.05) is 55.8 Å². The van der Waals surface area contributed by atoms with Crippen molar-refractivity contribution in [3.05, 3.63) is 95.6 Å². The van der Waals surface area contributed by atoms with Crippen LogP contribution in [0.4, 0.5) is 0 Å². The number of benzene rings is 3. The average molecular weight is 462 g/mol. The SMILES string of the molecule is CCCc1ccc(OC(NC(=O)c2ccc(OCCCCc3ccccc3)cc2)C(=O)O)cc1. The smallest absolute Gasteiger partial charge is 0.366 e. The van der Waals surface area contributed by atoms with Crippen molar-refractivity contribution in [2.45, 2.75) is 45.3 Å². The van der Waals surface area contributed by atoms with Crippen molar-refractivity contribution in [1.82, 2.24) is 5.32 Å². The van der Waals surface area contributed by atoms with Crippen molar-refractivity contribution in [3.8, 4) is 11.5 Å². The molecule has 0 aliphatic heterocycles. The van der Waals surface area contributed by atoms with Crippen LogP contribution in [0.3, 0.4) is 0 Å². The Morgan fingerprint density at radius 3 is 2.12 bits per heavy atom. The molecule has 0 saturated heterocycles. The number of nitrogens with one attached hydrogen (secondary N) is 1. The number of carboxylic acid groups (broad SMARTS) is 1. The first-order valence-corrected chi connectivity index (χ1v) is 11.6. The summed E-state index contributed by atoms with van der Waals surface area (Å²) < 4.78 is 11.2. The third-order valence-corrected chi connectivity index (χ3v) is 5.29. The number of hydrogen-bond acceptors (Lipinski definition) is 4. The molecule has 0 heterocycles. The van der Waals surface area contributed by atoms with E-state index in [2.05, 4.69) is 24.4 Å². The first-order valence-electron chi connectivity index (χ1n) is 11.6. The normalized spacial score (nSPS) is 11.4. The number of aliphatic carboxylic acids is 1. The maximum Gasteiger partial charge on any atom is 0.366 e. The van der Waals surface area contributed by atoms with Crippen molar-refractivity contribution in [3.63, 3.8) is 0 Å². The van der Waals surface area contributed by atoms with Gasteiger partial charge in [-0.25, -0.2) is 4.79 Å². The van der Waals surface area contributed by atoms with Gasteiger partial charge in [-0.15, -0.1) is 0 Å². The Balaban J connectivity index is 1.45. The summed E-state index contributed by atoms with van der Waals surface area (Å²) in [7, 11) is 0. The van der Waals surface area contributed by atoms with E-state index in [9.17, 15) is 14.7 Å². The van der Waals surface area contributed by atoms with E-state index in [-0.39, 0.29) is 0 Å². The molecule has 0 aliphatic rings. The summed E-state index contributed by atoms with van der Waals surface area (Å²) >= 11 is 0. The molecule has 1 unspecified atom stereocenters. The second kappa shape index (κ2) is 13.0. The van der Waals surface area contributed by atoms with Crippen LogP contribution in [0.25, 0.3) is 0 Å². The van der Waals surface area contributed by atoms with E-state index < -0.39 is 18.1 Å². The van der Waals surface area contributed by atoms with Gasteiger partial charge in [0, 0.05) is 5.56 Å². The Morgan fingerprint density at radius 2 is 1.47 bits per heavy atom. The van der Waals surface area contributed by atoms with E-state index in [1.54, 1.807) is 36.4 Å². The molecule has 0 aliphatic carbocycles. The molecule has 0 fully saturated rings. The summed E-state index contributed by atoms with van der Waals surface area (Å²) in [6.45, 7) is 2.68. The Morgan fingerprint density at radius 1 is 0.824 bits per heavy atom. The predicted molar refractivity (Wildman–Crippen MR) is 131 cm³/mol. The van der Waals surface area contributed by atoms with Crippen molar-refractivity contribution >= 4 is 11.9 Å². The van der Waals surface area contributed by atoms with E-state index in [0.29, 0.717) is 23.7 Å². The fraction of sp³-hybridized carbons (Fsp3) is 0.286. The largest absolute Gasteiger partial charge is 0.494 e. The van der Waals surface area contributed by atoms with Crippen LogP contribution in [0.2, 0.25) is 0 Å². The number of unbranched alkanes of at least 4 members (excludes halogenated alkanes) is 1. The molecule has 0 spiro atoms. The molecule has 2 N–H and O–H groups in total. The minimum absolute atomic E-state index is 0.324. The highest BCUT2D eigenvalue weighted by molar-refractivity contribution is 5.96. The maximum atomic E-state index is 12.5. The van der Waals surface area contributed by atoms with E-state index >= 15 is 0 Å². The number of carbonyl (C=O) groups excluding carboxylic acids is 1. The molecule has 178 valence electrons. The third-order valence-electron chi connectivity index (χ3n) is 5.29. The molecule has 0 radical (unpaired) electrons. The van der Waals surface area contributed by atoms with Crippen LogP contribution in [0.1, 0.15) is 47.7 Å². The summed E-state index contributed by atoms with van der Waals surface area (Å²) in [5.74, 6) is -0.774. The molecule has 3 rings (SSSR count). The van der Waals surface area contributed by atoms with Crippen molar-refractivity contribution in [2.24, 2.45) is 0 Å². The van der Waals surface area contributed by atoms with Crippen LogP contribution in [0, 0.1) is 0 Å². The molecule has 6 nitrogen and oxygen atoms in total. The Labute approximate surface area is 200 Å². The summed E-state index contributed by atoms with van der Waals surface area (Å²) in [4.78, 5) is 24.1. The van der Waals surface area contributed by atoms with Gasteiger partial charge in [-0.05, 0) is 73.2 Å². The van der Waals surface area contributed by atoms with Gasteiger partial charge in [0.1, 0.15) is 11.5 Å². The Bertz CT molecular complexity index is 1030. The molecule has 3 aromatic carbocycles. The molecular formula is C28H31NO5. The lowest BCUT2D eigenvalue weighted by atomic mass is 10.1. The van der Waals surface area contributed by atoms with Gasteiger partial charge in [0.2, 0.25) is 0 Å². The van der Waals surface area contributed by atoms with Gasteiger partial charge in [0.25, 0.3) is 12.1 Å². The number of aryl methyl sites for hydroxylation is 2. The van der Waals surface area contributed by atoms with Gasteiger partial charge < -0.3 is 19.9 Å². The van der Waals surface area contributed by atoms with Gasteiger partial charge in [-0.2, -0.15) is 0 Å². The molecule has 34 heavy (non-hydrogen) atoms. The standard InChI is InChI=1S/C28H31NO5/c1-2-8-21-12-16-25(17-13-21)34-27(28(31)32)29-26(30)23-14-18-24(19-15-23)33-20-7-6-11-22-9-4-3-5-10-22/h3-5,9-10,12-19,27H,2,6-8,11,20H2,1H3,(H,29,30)(H,31,32). The van der Waals surface area contributed by atoms with Crippen LogP contribution in [0.15, 0.2) is 78.9 Å². The summed E-state index contributed by atoms with van der Waals surface area (Å²) in [6, 6.07) is 24.1. The second-order valence-electron chi connectivity index (χ2n) is 8.02. The zero-order chi connectivity index (χ0) is 24.2. The minimum atomic E-state index is -1.50. The van der Waals surface area contributed by atoms with Crippen LogP contribution in [-0.2, 0) is 17.6 Å². The zero-order valence-electron chi connectivity index (χ0n) is 19.4. The van der Waals surface area contributed by atoms with Crippen LogP contribution >= 0.6 is 0 Å². The topological polar surface area (TPSA) is 84.9 Å². The monoisotopic (exact) mass is 461 g/mol. The molecule has 1 amide bonds.